The minimum Gasteiger partial charge on any atom is -0.270 e. The topological polar surface area (TPSA) is 55.1 Å². The molecule has 1 aromatic carbocycles. The number of nitrogens with one attached hydrogen (secondary N) is 1. The lowest BCUT2D eigenvalue weighted by molar-refractivity contribution is 0.630. The van der Waals surface area contributed by atoms with E-state index in [0.717, 1.165) is 0 Å². The monoisotopic (exact) mass is 251 g/mol. The summed E-state index contributed by atoms with van der Waals surface area (Å²) >= 11 is 1.37. The van der Waals surface area contributed by atoms with Crippen LogP contribution in [0.25, 0.3) is 0 Å². The maximum absolute atomic E-state index is 13.4. The van der Waals surface area contributed by atoms with Crippen LogP contribution in [0.15, 0.2) is 41.9 Å². The van der Waals surface area contributed by atoms with Gasteiger partial charge in [-0.05, 0) is 18.4 Å². The third-order valence-corrected chi connectivity index (χ3v) is 2.48. The van der Waals surface area contributed by atoms with Crippen LogP contribution in [0.2, 0.25) is 0 Å². The second-order valence-electron chi connectivity index (χ2n) is 3.05. The molecular weight excluding hydrogens is 241 g/mol. The Morgan fingerprint density at radius 3 is 2.71 bits per heavy atom. The number of hydrogen-bond donors (Lipinski definition) is 1. The Hall–Kier alpha value is -1.89. The highest BCUT2D eigenvalue weighted by Gasteiger charge is 2.02. The van der Waals surface area contributed by atoms with Crippen molar-refractivity contribution in [2.75, 3.05) is 11.7 Å². The predicted octanol–water partition coefficient (Wildman–Crippen LogP) is 2.01. The Morgan fingerprint density at radius 2 is 2.06 bits per heavy atom. The molecule has 88 valence electrons. The van der Waals surface area contributed by atoms with Gasteiger partial charge in [0.15, 0.2) is 5.17 Å². The van der Waals surface area contributed by atoms with Crippen molar-refractivity contribution in [3.8, 4) is 0 Å². The van der Waals surface area contributed by atoms with Gasteiger partial charge in [0.2, 0.25) is 0 Å². The molecule has 0 amide bonds. The van der Waals surface area contributed by atoms with Gasteiger partial charge in [0.1, 0.15) is 24.2 Å². The van der Waals surface area contributed by atoms with E-state index in [2.05, 4.69) is 20.6 Å². The van der Waals surface area contributed by atoms with Crippen LogP contribution in [0.5, 0.6) is 0 Å². The number of halogens is 1. The van der Waals surface area contributed by atoms with Crippen LogP contribution < -0.4 is 5.43 Å². The smallest absolute Gasteiger partial charge is 0.180 e. The highest BCUT2D eigenvalue weighted by atomic mass is 32.2. The number of amidine groups is 1. The molecule has 7 heteroatoms. The Labute approximate surface area is 102 Å². The van der Waals surface area contributed by atoms with Gasteiger partial charge in [-0.15, -0.1) is 10.2 Å². The maximum Gasteiger partial charge on any atom is 0.180 e. The minimum absolute atomic E-state index is 0.289. The van der Waals surface area contributed by atoms with Crippen molar-refractivity contribution in [3.05, 3.63) is 42.7 Å². The molecule has 0 aliphatic carbocycles. The summed E-state index contributed by atoms with van der Waals surface area (Å²) in [6.45, 7) is 0. The average molecular weight is 251 g/mol. The van der Waals surface area contributed by atoms with Gasteiger partial charge in [0, 0.05) is 0 Å². The third kappa shape index (κ3) is 3.04. The molecule has 17 heavy (non-hydrogen) atoms. The molecule has 0 atom stereocenters. The standard InChI is InChI=1S/C10H10FN5S/c1-17-10(15-16-6-12-13-7-16)14-9-5-3-2-4-8(9)11/h2-7H,1H3,(H,14,15). The Morgan fingerprint density at radius 1 is 1.35 bits per heavy atom. The van der Waals surface area contributed by atoms with E-state index in [1.165, 1.54) is 35.2 Å². The molecule has 1 N–H and O–H groups in total. The summed E-state index contributed by atoms with van der Waals surface area (Å²) < 4.78 is 14.9. The number of thioether (sulfide) groups is 1. The fourth-order valence-electron chi connectivity index (χ4n) is 1.14. The summed E-state index contributed by atoms with van der Waals surface area (Å²) in [6, 6.07) is 6.34. The molecule has 2 rings (SSSR count). The molecule has 0 spiro atoms. The summed E-state index contributed by atoms with van der Waals surface area (Å²) in [5.41, 5.74) is 3.21. The van der Waals surface area contributed by atoms with E-state index in [1.54, 1.807) is 18.2 Å². The van der Waals surface area contributed by atoms with Crippen molar-refractivity contribution in [1.82, 2.24) is 14.9 Å². The van der Waals surface area contributed by atoms with Crippen molar-refractivity contribution in [3.63, 3.8) is 0 Å². The normalized spacial score (nSPS) is 11.5. The van der Waals surface area contributed by atoms with Crippen LogP contribution in [0.1, 0.15) is 0 Å². The van der Waals surface area contributed by atoms with Crippen LogP contribution in [0.4, 0.5) is 10.1 Å². The first-order valence-electron chi connectivity index (χ1n) is 4.78. The van der Waals surface area contributed by atoms with E-state index in [1.807, 2.05) is 6.26 Å². The SMILES string of the molecule is CSC(=Nc1ccccc1F)Nn1cnnc1. The van der Waals surface area contributed by atoms with E-state index < -0.39 is 0 Å². The lowest BCUT2D eigenvalue weighted by Crippen LogP contribution is -2.18. The number of rotatable bonds is 2. The summed E-state index contributed by atoms with van der Waals surface area (Å²) in [5.74, 6) is -0.357. The van der Waals surface area contributed by atoms with E-state index in [-0.39, 0.29) is 11.5 Å². The molecule has 5 nitrogen and oxygen atoms in total. The average Bonchev–Trinajstić information content (AvgIpc) is 2.84. The molecule has 1 heterocycles. The van der Waals surface area contributed by atoms with Crippen LogP contribution >= 0.6 is 11.8 Å². The third-order valence-electron chi connectivity index (χ3n) is 1.91. The maximum atomic E-state index is 13.4. The first kappa shape index (κ1) is 11.6. The zero-order valence-electron chi connectivity index (χ0n) is 9.04. The number of benzene rings is 1. The highest BCUT2D eigenvalue weighted by molar-refractivity contribution is 8.13. The quantitative estimate of drug-likeness (QED) is 0.655. The van der Waals surface area contributed by atoms with Crippen molar-refractivity contribution >= 4 is 22.6 Å². The number of aromatic nitrogens is 3. The summed E-state index contributed by atoms with van der Waals surface area (Å²) in [4.78, 5) is 4.17. The fourth-order valence-corrected chi connectivity index (χ4v) is 1.52. The zero-order valence-corrected chi connectivity index (χ0v) is 9.86. The van der Waals surface area contributed by atoms with Crippen LogP contribution in [0.3, 0.4) is 0 Å². The summed E-state index contributed by atoms with van der Waals surface area (Å²) in [7, 11) is 0. The van der Waals surface area contributed by atoms with E-state index >= 15 is 0 Å². The second kappa shape index (κ2) is 5.44. The largest absolute Gasteiger partial charge is 0.270 e. The van der Waals surface area contributed by atoms with Crippen molar-refractivity contribution in [1.29, 1.82) is 0 Å². The summed E-state index contributed by atoms with van der Waals surface area (Å²) in [5, 5.41) is 7.84. The molecule has 2 aromatic rings. The zero-order chi connectivity index (χ0) is 12.1. The van der Waals surface area contributed by atoms with Crippen molar-refractivity contribution < 1.29 is 4.39 Å². The van der Waals surface area contributed by atoms with Crippen molar-refractivity contribution in [2.45, 2.75) is 0 Å². The second-order valence-corrected chi connectivity index (χ2v) is 3.85. The number of nitrogens with zero attached hydrogens (tertiary/aromatic N) is 4. The first-order valence-corrected chi connectivity index (χ1v) is 6.01. The Bertz CT molecular complexity index is 511. The van der Waals surface area contributed by atoms with Crippen LogP contribution in [-0.2, 0) is 0 Å². The van der Waals surface area contributed by atoms with Gasteiger partial charge in [-0.1, -0.05) is 23.9 Å². The molecule has 0 saturated heterocycles. The molecule has 0 aliphatic rings. The number of hydrogen-bond acceptors (Lipinski definition) is 4. The van der Waals surface area contributed by atoms with Crippen molar-refractivity contribution in [2.24, 2.45) is 4.99 Å². The molecule has 0 saturated carbocycles. The minimum atomic E-state index is -0.357. The van der Waals surface area contributed by atoms with Gasteiger partial charge in [-0.2, -0.15) is 0 Å². The highest BCUT2D eigenvalue weighted by Crippen LogP contribution is 2.18. The Kier molecular flexibility index (Phi) is 3.71. The number of aliphatic imine (C=N–C) groups is 1. The molecule has 0 unspecified atom stereocenters. The fraction of sp³-hybridized carbons (Fsp3) is 0.100. The van der Waals surface area contributed by atoms with Gasteiger partial charge in [0.05, 0.1) is 0 Å². The van der Waals surface area contributed by atoms with E-state index in [4.69, 9.17) is 0 Å². The van der Waals surface area contributed by atoms with E-state index in [0.29, 0.717) is 5.17 Å². The molecule has 0 aliphatic heterocycles. The Balaban J connectivity index is 2.21. The van der Waals surface area contributed by atoms with Gasteiger partial charge >= 0.3 is 0 Å². The van der Waals surface area contributed by atoms with Gasteiger partial charge in [-0.3, -0.25) is 5.43 Å². The predicted molar refractivity (Wildman–Crippen MR) is 66.4 cm³/mol. The lowest BCUT2D eigenvalue weighted by atomic mass is 10.3. The number of para-hydroxylation sites is 1. The molecule has 0 radical (unpaired) electrons. The lowest BCUT2D eigenvalue weighted by Gasteiger charge is -2.06. The molecular formula is C10H10FN5S. The van der Waals surface area contributed by atoms with Crippen LogP contribution in [-0.4, -0.2) is 26.3 Å². The first-order chi connectivity index (χ1) is 8.29. The van der Waals surface area contributed by atoms with E-state index in [9.17, 15) is 4.39 Å². The molecule has 1 aromatic heterocycles. The van der Waals surface area contributed by atoms with Gasteiger partial charge in [0.25, 0.3) is 0 Å². The van der Waals surface area contributed by atoms with Gasteiger partial charge in [-0.25, -0.2) is 14.1 Å². The molecule has 0 bridgehead atoms. The van der Waals surface area contributed by atoms with Gasteiger partial charge < -0.3 is 0 Å². The molecule has 0 fully saturated rings. The van der Waals surface area contributed by atoms with Crippen LogP contribution in [0, 0.1) is 5.82 Å². The summed E-state index contributed by atoms with van der Waals surface area (Å²) in [6.07, 6.45) is 4.83.